The molecule has 1 N–H and O–H groups in total. The molecule has 1 atom stereocenters. The summed E-state index contributed by atoms with van der Waals surface area (Å²) in [5, 5.41) is 8.64. The second-order valence-corrected chi connectivity index (χ2v) is 3.04. The summed E-state index contributed by atoms with van der Waals surface area (Å²) in [7, 11) is 0. The van der Waals surface area contributed by atoms with Gasteiger partial charge in [-0.25, -0.2) is 0 Å². The first-order chi connectivity index (χ1) is 6.27. The lowest BCUT2D eigenvalue weighted by Crippen LogP contribution is -2.04. The van der Waals surface area contributed by atoms with Crippen molar-refractivity contribution < 1.29 is 9.90 Å². The summed E-state index contributed by atoms with van der Waals surface area (Å²) in [6.07, 6.45) is 1.83. The number of rotatable bonds is 2. The highest BCUT2D eigenvalue weighted by molar-refractivity contribution is 5.85. The number of para-hydroxylation sites is 1. The molecular weight excluding hydrogens is 166 g/mol. The van der Waals surface area contributed by atoms with E-state index in [0.29, 0.717) is 0 Å². The zero-order valence-electron chi connectivity index (χ0n) is 6.97. The first-order valence-corrected chi connectivity index (χ1v) is 4.12. The predicted molar refractivity (Wildman–Crippen MR) is 49.6 cm³/mol. The van der Waals surface area contributed by atoms with E-state index in [1.807, 2.05) is 24.3 Å². The van der Waals surface area contributed by atoms with Crippen LogP contribution in [-0.2, 0) is 4.79 Å². The number of hydrogen-bond donors (Lipinski definition) is 1. The van der Waals surface area contributed by atoms with Gasteiger partial charge in [-0.15, -0.1) is 0 Å². The van der Waals surface area contributed by atoms with Crippen LogP contribution >= 0.6 is 0 Å². The Kier molecular flexibility index (Phi) is 1.85. The van der Waals surface area contributed by atoms with Gasteiger partial charge in [-0.3, -0.25) is 9.79 Å². The van der Waals surface area contributed by atoms with Crippen molar-refractivity contribution in [2.75, 3.05) is 0 Å². The second-order valence-electron chi connectivity index (χ2n) is 3.04. The van der Waals surface area contributed by atoms with Crippen LogP contribution in [0.1, 0.15) is 17.9 Å². The van der Waals surface area contributed by atoms with E-state index in [1.165, 1.54) is 0 Å². The zero-order valence-corrected chi connectivity index (χ0v) is 6.97. The lowest BCUT2D eigenvalue weighted by molar-refractivity contribution is -0.137. The Morgan fingerprint density at radius 2 is 2.23 bits per heavy atom. The summed E-state index contributed by atoms with van der Waals surface area (Å²) >= 11 is 0. The highest BCUT2D eigenvalue weighted by Crippen LogP contribution is 2.33. The van der Waals surface area contributed by atoms with Crippen LogP contribution in [0.15, 0.2) is 29.3 Å². The fourth-order valence-electron chi connectivity index (χ4n) is 1.52. The molecule has 3 nitrogen and oxygen atoms in total. The van der Waals surface area contributed by atoms with Crippen LogP contribution in [0.4, 0.5) is 5.69 Å². The van der Waals surface area contributed by atoms with Crippen LogP contribution in [0.3, 0.4) is 0 Å². The normalized spacial score (nSPS) is 18.6. The lowest BCUT2D eigenvalue weighted by atomic mass is 9.98. The minimum Gasteiger partial charge on any atom is -0.481 e. The Bertz CT molecular complexity index is 371. The molecule has 1 aromatic rings. The Balaban J connectivity index is 2.28. The van der Waals surface area contributed by atoms with Crippen molar-refractivity contribution in [3.8, 4) is 0 Å². The molecule has 1 aliphatic rings. The number of carbonyl (C=O) groups is 1. The average Bonchev–Trinajstić information content (AvgIpc) is 2.48. The number of carboxylic acid groups (broad SMARTS) is 1. The Morgan fingerprint density at radius 1 is 1.46 bits per heavy atom. The molecule has 1 aliphatic heterocycles. The number of nitrogens with zero attached hydrogens (tertiary/aromatic N) is 1. The Labute approximate surface area is 75.7 Å². The lowest BCUT2D eigenvalue weighted by Gasteiger charge is -2.04. The molecule has 0 bridgehead atoms. The molecular formula is C10H9NO2. The Morgan fingerprint density at radius 3 is 3.00 bits per heavy atom. The van der Waals surface area contributed by atoms with Crippen molar-refractivity contribution in [3.05, 3.63) is 29.8 Å². The fraction of sp³-hybridized carbons (Fsp3) is 0.200. The summed E-state index contributed by atoms with van der Waals surface area (Å²) in [5.74, 6) is -0.832. The van der Waals surface area contributed by atoms with E-state index < -0.39 is 5.97 Å². The molecule has 13 heavy (non-hydrogen) atoms. The van der Waals surface area contributed by atoms with E-state index in [4.69, 9.17) is 5.11 Å². The number of fused-ring (bicyclic) bond motifs is 1. The first kappa shape index (κ1) is 7.98. The molecule has 0 fully saturated rings. The van der Waals surface area contributed by atoms with E-state index >= 15 is 0 Å². The molecule has 1 heterocycles. The monoisotopic (exact) mass is 175 g/mol. The maximum atomic E-state index is 10.5. The number of aliphatic carboxylic acids is 1. The summed E-state index contributed by atoms with van der Waals surface area (Å²) in [6.45, 7) is 0. The molecule has 0 spiro atoms. The molecule has 0 saturated carbocycles. The van der Waals surface area contributed by atoms with Crippen molar-refractivity contribution in [3.63, 3.8) is 0 Å². The third-order valence-electron chi connectivity index (χ3n) is 2.12. The van der Waals surface area contributed by atoms with Crippen molar-refractivity contribution in [2.45, 2.75) is 12.3 Å². The smallest absolute Gasteiger partial charge is 0.304 e. The molecule has 0 aliphatic carbocycles. The largest absolute Gasteiger partial charge is 0.481 e. The molecule has 0 amide bonds. The van der Waals surface area contributed by atoms with Gasteiger partial charge in [0.15, 0.2) is 0 Å². The van der Waals surface area contributed by atoms with E-state index in [-0.39, 0.29) is 12.3 Å². The molecule has 3 heteroatoms. The van der Waals surface area contributed by atoms with Crippen LogP contribution in [0.2, 0.25) is 0 Å². The van der Waals surface area contributed by atoms with Crippen molar-refractivity contribution in [1.29, 1.82) is 0 Å². The summed E-state index contributed by atoms with van der Waals surface area (Å²) in [4.78, 5) is 14.6. The van der Waals surface area contributed by atoms with Gasteiger partial charge in [0, 0.05) is 12.1 Å². The SMILES string of the molecule is O=C(O)CC1C=Nc2ccccc21. The molecule has 66 valence electrons. The van der Waals surface area contributed by atoms with Crippen molar-refractivity contribution >= 4 is 17.9 Å². The number of benzene rings is 1. The molecule has 0 aromatic heterocycles. The van der Waals surface area contributed by atoms with Crippen LogP contribution < -0.4 is 0 Å². The van der Waals surface area contributed by atoms with Gasteiger partial charge < -0.3 is 5.11 Å². The standard InChI is InChI=1S/C10H9NO2/c12-10(13)5-7-6-11-9-4-2-1-3-8(7)9/h1-4,6-7H,5H2,(H,12,13). The van der Waals surface area contributed by atoms with E-state index in [1.54, 1.807) is 6.21 Å². The molecule has 0 radical (unpaired) electrons. The average molecular weight is 175 g/mol. The minimum absolute atomic E-state index is 0.0475. The molecule has 1 unspecified atom stereocenters. The van der Waals surface area contributed by atoms with Gasteiger partial charge in [0.05, 0.1) is 12.1 Å². The molecule has 0 saturated heterocycles. The van der Waals surface area contributed by atoms with E-state index in [9.17, 15) is 4.79 Å². The van der Waals surface area contributed by atoms with Gasteiger partial charge in [0.1, 0.15) is 0 Å². The van der Waals surface area contributed by atoms with Gasteiger partial charge in [0.25, 0.3) is 0 Å². The molecule has 2 rings (SSSR count). The van der Waals surface area contributed by atoms with Crippen LogP contribution in [-0.4, -0.2) is 17.3 Å². The van der Waals surface area contributed by atoms with Gasteiger partial charge in [0.2, 0.25) is 0 Å². The van der Waals surface area contributed by atoms with Crippen LogP contribution in [0.5, 0.6) is 0 Å². The number of carboxylic acids is 1. The quantitative estimate of drug-likeness (QED) is 0.746. The predicted octanol–water partition coefficient (Wildman–Crippen LogP) is 1.96. The molecule has 1 aromatic carbocycles. The van der Waals surface area contributed by atoms with Crippen LogP contribution in [0.25, 0.3) is 0 Å². The summed E-state index contributed by atoms with van der Waals surface area (Å²) in [5.41, 5.74) is 1.92. The van der Waals surface area contributed by atoms with Gasteiger partial charge in [-0.2, -0.15) is 0 Å². The van der Waals surface area contributed by atoms with E-state index in [2.05, 4.69) is 4.99 Å². The fourth-order valence-corrected chi connectivity index (χ4v) is 1.52. The maximum Gasteiger partial charge on any atom is 0.304 e. The van der Waals surface area contributed by atoms with Crippen molar-refractivity contribution in [2.24, 2.45) is 4.99 Å². The highest BCUT2D eigenvalue weighted by Gasteiger charge is 2.20. The third-order valence-corrected chi connectivity index (χ3v) is 2.12. The topological polar surface area (TPSA) is 49.7 Å². The summed E-state index contributed by atoms with van der Waals surface area (Å²) in [6, 6.07) is 7.63. The number of hydrogen-bond acceptors (Lipinski definition) is 2. The zero-order chi connectivity index (χ0) is 9.26. The minimum atomic E-state index is -0.784. The van der Waals surface area contributed by atoms with Gasteiger partial charge in [-0.1, -0.05) is 18.2 Å². The van der Waals surface area contributed by atoms with E-state index in [0.717, 1.165) is 11.3 Å². The first-order valence-electron chi connectivity index (χ1n) is 4.12. The van der Waals surface area contributed by atoms with Gasteiger partial charge in [-0.05, 0) is 11.6 Å². The number of aliphatic imine (C=N–C) groups is 1. The third kappa shape index (κ3) is 1.45. The highest BCUT2D eigenvalue weighted by atomic mass is 16.4. The Hall–Kier alpha value is -1.64. The van der Waals surface area contributed by atoms with Gasteiger partial charge >= 0.3 is 5.97 Å². The summed E-state index contributed by atoms with van der Waals surface area (Å²) < 4.78 is 0. The van der Waals surface area contributed by atoms with Crippen LogP contribution in [0, 0.1) is 0 Å². The second kappa shape index (κ2) is 3.01. The maximum absolute atomic E-state index is 10.5. The van der Waals surface area contributed by atoms with Crippen molar-refractivity contribution in [1.82, 2.24) is 0 Å².